The lowest BCUT2D eigenvalue weighted by atomic mass is 9.70. The molecule has 0 aromatic heterocycles. The molecule has 5 heteroatoms. The highest BCUT2D eigenvalue weighted by Gasteiger charge is 2.40. The second-order valence-electron chi connectivity index (χ2n) is 11.0. The highest BCUT2D eigenvalue weighted by molar-refractivity contribution is 6.30. The molecular formula is C28H41ClFNO2. The Morgan fingerprint density at radius 1 is 0.909 bits per heavy atom. The zero-order chi connectivity index (χ0) is 23.2. The van der Waals surface area contributed by atoms with Gasteiger partial charge in [0, 0.05) is 31.5 Å². The molecule has 3 aliphatic carbocycles. The van der Waals surface area contributed by atoms with Crippen molar-refractivity contribution in [3.8, 4) is 0 Å². The van der Waals surface area contributed by atoms with E-state index in [0.717, 1.165) is 49.8 Å². The standard InChI is InChI=1S/C28H41ClFNO2/c29-24-16-23(14-15-25(24)30)28-22(17-27(32)33)12-7-13-26(28)31(18-20-8-3-1-4-9-20)19-21-10-5-2-6-11-21/h14-16,20-22,26,28H,1-13,17-19H2,(H,32,33). The van der Waals surface area contributed by atoms with Gasteiger partial charge in [-0.1, -0.05) is 62.6 Å². The third-order valence-electron chi connectivity index (χ3n) is 8.67. The van der Waals surface area contributed by atoms with E-state index in [-0.39, 0.29) is 23.3 Å². The van der Waals surface area contributed by atoms with Crippen LogP contribution in [0.15, 0.2) is 18.2 Å². The zero-order valence-corrected chi connectivity index (χ0v) is 20.7. The minimum absolute atomic E-state index is 0.0722. The summed E-state index contributed by atoms with van der Waals surface area (Å²) in [4.78, 5) is 14.5. The summed E-state index contributed by atoms with van der Waals surface area (Å²) in [5.74, 6) is 0.538. The molecule has 33 heavy (non-hydrogen) atoms. The van der Waals surface area contributed by atoms with Gasteiger partial charge in [0.1, 0.15) is 5.82 Å². The maximum Gasteiger partial charge on any atom is 0.303 e. The predicted octanol–water partition coefficient (Wildman–Crippen LogP) is 7.67. The number of carbonyl (C=O) groups is 1. The first kappa shape index (κ1) is 25.0. The van der Waals surface area contributed by atoms with Crippen LogP contribution in [-0.4, -0.2) is 35.1 Å². The molecule has 3 aliphatic rings. The quantitative estimate of drug-likeness (QED) is 0.417. The molecule has 3 saturated carbocycles. The molecule has 4 rings (SSSR count). The predicted molar refractivity (Wildman–Crippen MR) is 132 cm³/mol. The Bertz CT molecular complexity index is 755. The molecule has 1 aromatic carbocycles. The second kappa shape index (κ2) is 12.0. The molecule has 3 atom stereocenters. The van der Waals surface area contributed by atoms with E-state index in [2.05, 4.69) is 4.90 Å². The summed E-state index contributed by atoms with van der Waals surface area (Å²) in [6, 6.07) is 5.41. The fraction of sp³-hybridized carbons (Fsp3) is 0.750. The number of hydrogen-bond acceptors (Lipinski definition) is 2. The van der Waals surface area contributed by atoms with Crippen LogP contribution in [0.25, 0.3) is 0 Å². The molecule has 0 amide bonds. The lowest BCUT2D eigenvalue weighted by Gasteiger charge is -2.47. The molecule has 184 valence electrons. The van der Waals surface area contributed by atoms with Gasteiger partial charge >= 0.3 is 5.97 Å². The van der Waals surface area contributed by atoms with E-state index in [1.54, 1.807) is 6.07 Å². The SMILES string of the molecule is O=C(O)CC1CCCC(N(CC2CCCCC2)CC2CCCCC2)C1c1ccc(F)c(Cl)c1. The summed E-state index contributed by atoms with van der Waals surface area (Å²) in [7, 11) is 0. The van der Waals surface area contributed by atoms with Crippen LogP contribution in [0.1, 0.15) is 101 Å². The molecule has 0 aliphatic heterocycles. The third-order valence-corrected chi connectivity index (χ3v) is 8.96. The number of nitrogens with zero attached hydrogens (tertiary/aromatic N) is 1. The molecular weight excluding hydrogens is 437 g/mol. The molecule has 3 nitrogen and oxygen atoms in total. The smallest absolute Gasteiger partial charge is 0.303 e. The van der Waals surface area contributed by atoms with Crippen LogP contribution < -0.4 is 0 Å². The first-order valence-electron chi connectivity index (χ1n) is 13.4. The molecule has 3 unspecified atom stereocenters. The molecule has 0 heterocycles. The fourth-order valence-electron chi connectivity index (χ4n) is 7.09. The number of rotatable bonds is 8. The Hall–Kier alpha value is -1.13. The van der Waals surface area contributed by atoms with Gasteiger partial charge in [-0.15, -0.1) is 0 Å². The van der Waals surface area contributed by atoms with Crippen LogP contribution in [0.2, 0.25) is 5.02 Å². The first-order valence-corrected chi connectivity index (χ1v) is 13.8. The van der Waals surface area contributed by atoms with Gasteiger partial charge in [0.25, 0.3) is 0 Å². The number of aliphatic carboxylic acids is 1. The highest BCUT2D eigenvalue weighted by atomic mass is 35.5. The van der Waals surface area contributed by atoms with Gasteiger partial charge in [-0.3, -0.25) is 9.69 Å². The monoisotopic (exact) mass is 477 g/mol. The van der Waals surface area contributed by atoms with Gasteiger partial charge < -0.3 is 5.11 Å². The van der Waals surface area contributed by atoms with Crippen LogP contribution in [0.5, 0.6) is 0 Å². The van der Waals surface area contributed by atoms with Gasteiger partial charge in [0.2, 0.25) is 0 Å². The maximum atomic E-state index is 14.0. The van der Waals surface area contributed by atoms with Gasteiger partial charge in [0.15, 0.2) is 0 Å². The molecule has 0 bridgehead atoms. The molecule has 3 fully saturated rings. The summed E-state index contributed by atoms with van der Waals surface area (Å²) >= 11 is 6.22. The minimum Gasteiger partial charge on any atom is -0.481 e. The van der Waals surface area contributed by atoms with E-state index >= 15 is 0 Å². The van der Waals surface area contributed by atoms with Crippen molar-refractivity contribution in [1.82, 2.24) is 4.90 Å². The van der Waals surface area contributed by atoms with Crippen molar-refractivity contribution in [2.75, 3.05) is 13.1 Å². The van der Waals surface area contributed by atoms with Crippen LogP contribution >= 0.6 is 11.6 Å². The lowest BCUT2D eigenvalue weighted by Crippen LogP contribution is -2.48. The number of carboxylic acid groups (broad SMARTS) is 1. The number of benzene rings is 1. The van der Waals surface area contributed by atoms with E-state index in [1.165, 1.54) is 70.3 Å². The Morgan fingerprint density at radius 3 is 2.06 bits per heavy atom. The van der Waals surface area contributed by atoms with E-state index < -0.39 is 11.8 Å². The second-order valence-corrected chi connectivity index (χ2v) is 11.4. The number of hydrogen-bond donors (Lipinski definition) is 1. The van der Waals surface area contributed by atoms with Crippen LogP contribution in [0, 0.1) is 23.6 Å². The van der Waals surface area contributed by atoms with Crippen molar-refractivity contribution in [3.05, 3.63) is 34.6 Å². The maximum absolute atomic E-state index is 14.0. The van der Waals surface area contributed by atoms with Gasteiger partial charge in [-0.25, -0.2) is 4.39 Å². The van der Waals surface area contributed by atoms with Crippen molar-refractivity contribution in [3.63, 3.8) is 0 Å². The number of carboxylic acids is 1. The Kier molecular flexibility index (Phi) is 9.10. The Morgan fingerprint density at radius 2 is 1.52 bits per heavy atom. The van der Waals surface area contributed by atoms with Gasteiger partial charge in [-0.2, -0.15) is 0 Å². The van der Waals surface area contributed by atoms with E-state index in [4.69, 9.17) is 11.6 Å². The number of halogens is 2. The third kappa shape index (κ3) is 6.72. The first-order chi connectivity index (χ1) is 16.0. The Balaban J connectivity index is 1.63. The van der Waals surface area contributed by atoms with Gasteiger partial charge in [0.05, 0.1) is 5.02 Å². The fourth-order valence-corrected chi connectivity index (χ4v) is 7.28. The summed E-state index contributed by atoms with van der Waals surface area (Å²) in [6.07, 6.45) is 16.6. The normalized spacial score (nSPS) is 27.7. The highest BCUT2D eigenvalue weighted by Crippen LogP contribution is 2.44. The average molecular weight is 478 g/mol. The summed E-state index contributed by atoms with van der Waals surface area (Å²) in [5, 5.41) is 9.83. The van der Waals surface area contributed by atoms with Crippen molar-refractivity contribution < 1.29 is 14.3 Å². The van der Waals surface area contributed by atoms with Gasteiger partial charge in [-0.05, 0) is 74.0 Å². The van der Waals surface area contributed by atoms with Crippen molar-refractivity contribution in [2.24, 2.45) is 17.8 Å². The van der Waals surface area contributed by atoms with Crippen molar-refractivity contribution >= 4 is 17.6 Å². The van der Waals surface area contributed by atoms with E-state index in [9.17, 15) is 14.3 Å². The Labute approximate surface area is 204 Å². The van der Waals surface area contributed by atoms with E-state index in [1.807, 2.05) is 6.07 Å². The van der Waals surface area contributed by atoms with Crippen LogP contribution in [0.3, 0.4) is 0 Å². The van der Waals surface area contributed by atoms with Crippen molar-refractivity contribution in [1.29, 1.82) is 0 Å². The topological polar surface area (TPSA) is 40.5 Å². The average Bonchev–Trinajstić information content (AvgIpc) is 2.81. The largest absolute Gasteiger partial charge is 0.481 e. The zero-order valence-electron chi connectivity index (χ0n) is 20.0. The summed E-state index contributed by atoms with van der Waals surface area (Å²) in [5.41, 5.74) is 1.02. The van der Waals surface area contributed by atoms with E-state index in [0.29, 0.717) is 6.04 Å². The van der Waals surface area contributed by atoms with Crippen molar-refractivity contribution in [2.45, 2.75) is 102 Å². The van der Waals surface area contributed by atoms with Crippen LogP contribution in [-0.2, 0) is 4.79 Å². The summed E-state index contributed by atoms with van der Waals surface area (Å²) < 4.78 is 14.0. The molecule has 0 saturated heterocycles. The molecule has 0 radical (unpaired) electrons. The summed E-state index contributed by atoms with van der Waals surface area (Å²) in [6.45, 7) is 2.26. The molecule has 1 N–H and O–H groups in total. The minimum atomic E-state index is -0.732. The molecule has 0 spiro atoms. The molecule has 1 aromatic rings. The van der Waals surface area contributed by atoms with Crippen LogP contribution in [0.4, 0.5) is 4.39 Å². The lowest BCUT2D eigenvalue weighted by molar-refractivity contribution is -0.138.